The Morgan fingerprint density at radius 2 is 2.09 bits per heavy atom. The Kier molecular flexibility index (Phi) is 5.78. The third kappa shape index (κ3) is 5.60. The lowest BCUT2D eigenvalue weighted by molar-refractivity contribution is 0.195. The quantitative estimate of drug-likeness (QED) is 0.758. The van der Waals surface area contributed by atoms with Gasteiger partial charge in [0.25, 0.3) is 0 Å². The van der Waals surface area contributed by atoms with Crippen molar-refractivity contribution in [2.75, 3.05) is 18.6 Å². The number of benzene rings is 1. The van der Waals surface area contributed by atoms with E-state index in [9.17, 15) is 8.42 Å². The molecule has 0 saturated carbocycles. The summed E-state index contributed by atoms with van der Waals surface area (Å²) in [4.78, 5) is 6.34. The molecule has 0 aliphatic heterocycles. The van der Waals surface area contributed by atoms with Crippen LogP contribution in [0.15, 0.2) is 28.8 Å². The number of hydrogen-bond donors (Lipinski definition) is 0. The van der Waals surface area contributed by atoms with Crippen molar-refractivity contribution in [3.05, 3.63) is 35.2 Å². The third-order valence-corrected chi connectivity index (χ3v) is 4.53. The summed E-state index contributed by atoms with van der Waals surface area (Å²) < 4.78 is 28.0. The van der Waals surface area contributed by atoms with Crippen molar-refractivity contribution < 1.29 is 12.9 Å². The van der Waals surface area contributed by atoms with Gasteiger partial charge in [-0.25, -0.2) is 8.42 Å². The highest BCUT2D eigenvalue weighted by molar-refractivity contribution is 7.90. The molecule has 23 heavy (non-hydrogen) atoms. The van der Waals surface area contributed by atoms with Gasteiger partial charge in [-0.15, -0.1) is 0 Å². The number of halogens is 1. The predicted molar refractivity (Wildman–Crippen MR) is 90.0 cm³/mol. The van der Waals surface area contributed by atoms with E-state index in [-0.39, 0.29) is 11.8 Å². The summed E-state index contributed by atoms with van der Waals surface area (Å²) in [5.74, 6) is 1.01. The van der Waals surface area contributed by atoms with E-state index in [0.29, 0.717) is 29.8 Å². The van der Waals surface area contributed by atoms with Crippen molar-refractivity contribution in [1.82, 2.24) is 15.0 Å². The number of rotatable bonds is 7. The first kappa shape index (κ1) is 17.9. The number of hydrogen-bond acceptors (Lipinski definition) is 6. The Bertz CT molecular complexity index is 759. The zero-order valence-corrected chi connectivity index (χ0v) is 14.9. The van der Waals surface area contributed by atoms with Crippen LogP contribution < -0.4 is 0 Å². The van der Waals surface area contributed by atoms with E-state index in [1.807, 2.05) is 30.9 Å². The minimum atomic E-state index is -3.01. The second-order valence-corrected chi connectivity index (χ2v) is 8.41. The van der Waals surface area contributed by atoms with E-state index in [0.717, 1.165) is 5.56 Å². The number of aromatic nitrogens is 2. The van der Waals surface area contributed by atoms with Gasteiger partial charge in [0.2, 0.25) is 11.7 Å². The summed E-state index contributed by atoms with van der Waals surface area (Å²) in [6, 6.07) is 7.38. The fourth-order valence-corrected chi connectivity index (χ4v) is 2.80. The van der Waals surface area contributed by atoms with Crippen LogP contribution >= 0.6 is 11.6 Å². The molecule has 6 nitrogen and oxygen atoms in total. The SMILES string of the molecule is CC(C)N(CCS(C)(=O)=O)Cc1nc(-c2cccc(Cl)c2)no1. The Morgan fingerprint density at radius 3 is 2.70 bits per heavy atom. The van der Waals surface area contributed by atoms with E-state index in [1.165, 1.54) is 6.26 Å². The summed E-state index contributed by atoms with van der Waals surface area (Å²) >= 11 is 5.96. The number of sulfone groups is 1. The fraction of sp³-hybridized carbons (Fsp3) is 0.467. The van der Waals surface area contributed by atoms with E-state index in [1.54, 1.807) is 12.1 Å². The van der Waals surface area contributed by atoms with E-state index >= 15 is 0 Å². The highest BCUT2D eigenvalue weighted by atomic mass is 35.5. The van der Waals surface area contributed by atoms with E-state index in [2.05, 4.69) is 10.1 Å². The predicted octanol–water partition coefficient (Wildman–Crippen LogP) is 2.65. The lowest BCUT2D eigenvalue weighted by atomic mass is 10.2. The molecular weight excluding hydrogens is 338 g/mol. The molecule has 1 aromatic heterocycles. The van der Waals surface area contributed by atoms with Gasteiger partial charge in [0.1, 0.15) is 9.84 Å². The Labute approximate surface area is 141 Å². The van der Waals surface area contributed by atoms with Gasteiger partial charge < -0.3 is 4.52 Å². The third-order valence-electron chi connectivity index (χ3n) is 3.37. The molecule has 0 atom stereocenters. The lowest BCUT2D eigenvalue weighted by Gasteiger charge is -2.24. The Hall–Kier alpha value is -1.44. The van der Waals surface area contributed by atoms with Crippen LogP contribution in [0.2, 0.25) is 5.02 Å². The van der Waals surface area contributed by atoms with Crippen LogP contribution in [0, 0.1) is 0 Å². The molecule has 0 unspecified atom stereocenters. The van der Waals surface area contributed by atoms with Gasteiger partial charge in [0.15, 0.2) is 0 Å². The maximum Gasteiger partial charge on any atom is 0.241 e. The molecule has 2 rings (SSSR count). The summed E-state index contributed by atoms with van der Waals surface area (Å²) in [5.41, 5.74) is 0.778. The molecule has 0 saturated heterocycles. The van der Waals surface area contributed by atoms with Gasteiger partial charge in [-0.1, -0.05) is 28.9 Å². The molecule has 1 aromatic carbocycles. The maximum absolute atomic E-state index is 11.3. The van der Waals surface area contributed by atoms with Crippen LogP contribution in [0.1, 0.15) is 19.7 Å². The zero-order valence-electron chi connectivity index (χ0n) is 13.4. The van der Waals surface area contributed by atoms with Crippen molar-refractivity contribution in [2.45, 2.75) is 26.4 Å². The molecule has 0 N–H and O–H groups in total. The standard InChI is InChI=1S/C15H20ClN3O3S/c1-11(2)19(7-8-23(3,20)21)10-14-17-15(18-22-14)12-5-4-6-13(16)9-12/h4-6,9,11H,7-8,10H2,1-3H3. The number of nitrogens with zero attached hydrogens (tertiary/aromatic N) is 3. The molecule has 0 bridgehead atoms. The zero-order chi connectivity index (χ0) is 17.0. The van der Waals surface area contributed by atoms with E-state index in [4.69, 9.17) is 16.1 Å². The van der Waals surface area contributed by atoms with Gasteiger partial charge in [-0.2, -0.15) is 4.98 Å². The van der Waals surface area contributed by atoms with Gasteiger partial charge in [-0.05, 0) is 26.0 Å². The highest BCUT2D eigenvalue weighted by Crippen LogP contribution is 2.20. The maximum atomic E-state index is 11.3. The Balaban J connectivity index is 2.09. The minimum Gasteiger partial charge on any atom is -0.338 e. The molecule has 2 aromatic rings. The minimum absolute atomic E-state index is 0.0977. The largest absolute Gasteiger partial charge is 0.338 e. The summed E-state index contributed by atoms with van der Waals surface area (Å²) in [7, 11) is -3.01. The van der Waals surface area contributed by atoms with E-state index < -0.39 is 9.84 Å². The highest BCUT2D eigenvalue weighted by Gasteiger charge is 2.17. The lowest BCUT2D eigenvalue weighted by Crippen LogP contribution is -2.34. The van der Waals surface area contributed by atoms with Crippen molar-refractivity contribution >= 4 is 21.4 Å². The first-order chi connectivity index (χ1) is 10.7. The average Bonchev–Trinajstić information content (AvgIpc) is 2.90. The van der Waals surface area contributed by atoms with Crippen LogP contribution in [0.4, 0.5) is 0 Å². The molecule has 1 heterocycles. The molecule has 0 radical (unpaired) electrons. The molecular formula is C15H20ClN3O3S. The average molecular weight is 358 g/mol. The fourth-order valence-electron chi connectivity index (χ4n) is 2.04. The van der Waals surface area contributed by atoms with Gasteiger partial charge in [0, 0.05) is 29.4 Å². The van der Waals surface area contributed by atoms with Crippen LogP contribution in [0.25, 0.3) is 11.4 Å². The van der Waals surface area contributed by atoms with Crippen LogP contribution in [0.5, 0.6) is 0 Å². The summed E-state index contributed by atoms with van der Waals surface area (Å²) in [6.45, 7) is 4.82. The van der Waals surface area contributed by atoms with Crippen LogP contribution in [0.3, 0.4) is 0 Å². The summed E-state index contributed by atoms with van der Waals surface area (Å²) in [5, 5.41) is 4.56. The van der Waals surface area contributed by atoms with Gasteiger partial charge >= 0.3 is 0 Å². The topological polar surface area (TPSA) is 76.3 Å². The second kappa shape index (κ2) is 7.42. The molecule has 0 spiro atoms. The van der Waals surface area contributed by atoms with Gasteiger partial charge in [0.05, 0.1) is 12.3 Å². The van der Waals surface area contributed by atoms with Crippen LogP contribution in [-0.4, -0.2) is 48.1 Å². The molecule has 126 valence electrons. The van der Waals surface area contributed by atoms with Crippen molar-refractivity contribution in [3.63, 3.8) is 0 Å². The molecule has 0 aliphatic rings. The van der Waals surface area contributed by atoms with Crippen molar-refractivity contribution in [3.8, 4) is 11.4 Å². The Morgan fingerprint density at radius 1 is 1.35 bits per heavy atom. The van der Waals surface area contributed by atoms with Crippen molar-refractivity contribution in [1.29, 1.82) is 0 Å². The first-order valence-electron chi connectivity index (χ1n) is 7.25. The normalized spacial score (nSPS) is 12.3. The smallest absolute Gasteiger partial charge is 0.241 e. The second-order valence-electron chi connectivity index (χ2n) is 5.72. The van der Waals surface area contributed by atoms with Gasteiger partial charge in [-0.3, -0.25) is 4.90 Å². The summed E-state index contributed by atoms with van der Waals surface area (Å²) in [6.07, 6.45) is 1.23. The van der Waals surface area contributed by atoms with Crippen LogP contribution in [-0.2, 0) is 16.4 Å². The molecule has 0 fully saturated rings. The monoisotopic (exact) mass is 357 g/mol. The first-order valence-corrected chi connectivity index (χ1v) is 9.69. The molecule has 8 heteroatoms. The molecule has 0 aliphatic carbocycles. The molecule has 0 amide bonds. The van der Waals surface area contributed by atoms with Crippen molar-refractivity contribution in [2.24, 2.45) is 0 Å².